The van der Waals surface area contributed by atoms with Crippen molar-refractivity contribution >= 4 is 35.0 Å². The average Bonchev–Trinajstić information content (AvgIpc) is 2.42. The Morgan fingerprint density at radius 3 is 2.40 bits per heavy atom. The van der Waals surface area contributed by atoms with E-state index < -0.39 is 11.8 Å². The van der Waals surface area contributed by atoms with Crippen LogP contribution in [-0.4, -0.2) is 36.3 Å². The summed E-state index contributed by atoms with van der Waals surface area (Å²) in [5.74, 6) is -1.09. The summed E-state index contributed by atoms with van der Waals surface area (Å²) < 4.78 is 0. The Kier molecular flexibility index (Phi) is 6.82. The van der Waals surface area contributed by atoms with E-state index in [9.17, 15) is 9.59 Å². The van der Waals surface area contributed by atoms with Gasteiger partial charge in [0.15, 0.2) is 0 Å². The van der Waals surface area contributed by atoms with Gasteiger partial charge in [0.1, 0.15) is 0 Å². The molecule has 0 bridgehead atoms. The molecular formula is C14H18Cl2N2O2. The summed E-state index contributed by atoms with van der Waals surface area (Å²) in [5, 5.41) is 3.73. The Balaban J connectivity index is 2.48. The summed E-state index contributed by atoms with van der Waals surface area (Å²) in [6.07, 6.45) is 0.549. The van der Waals surface area contributed by atoms with Crippen LogP contribution in [0, 0.1) is 0 Å². The highest BCUT2D eigenvalue weighted by Gasteiger charge is 2.18. The summed E-state index contributed by atoms with van der Waals surface area (Å²) in [7, 11) is 0. The number of likely N-dealkylation sites (N-methyl/N-ethyl adjacent to an activating group) is 1. The highest BCUT2D eigenvalue weighted by Crippen LogP contribution is 2.20. The number of rotatable bonds is 5. The van der Waals surface area contributed by atoms with Crippen LogP contribution in [0.2, 0.25) is 10.0 Å². The standard InChI is InChI=1S/C14H18Cl2N2O2/c1-3-18(4-2)14(20)13(19)17-8-7-10-5-6-11(15)9-12(10)16/h5-6,9H,3-4,7-8H2,1-2H3,(H,17,19). The third kappa shape index (κ3) is 4.69. The van der Waals surface area contributed by atoms with E-state index in [1.54, 1.807) is 12.1 Å². The molecule has 0 spiro atoms. The predicted octanol–water partition coefficient (Wildman–Crippen LogP) is 2.52. The number of halogens is 2. The van der Waals surface area contributed by atoms with Gasteiger partial charge in [0.25, 0.3) is 0 Å². The van der Waals surface area contributed by atoms with Crippen molar-refractivity contribution in [3.05, 3.63) is 33.8 Å². The molecule has 1 rings (SSSR count). The second-order valence-electron chi connectivity index (χ2n) is 4.22. The smallest absolute Gasteiger partial charge is 0.311 e. The molecule has 0 radical (unpaired) electrons. The number of carbonyl (C=O) groups excluding carboxylic acids is 2. The zero-order valence-corrected chi connectivity index (χ0v) is 13.1. The molecule has 0 aromatic heterocycles. The van der Waals surface area contributed by atoms with E-state index in [4.69, 9.17) is 23.2 Å². The van der Waals surface area contributed by atoms with Gasteiger partial charge in [-0.2, -0.15) is 0 Å². The number of hydrogen-bond acceptors (Lipinski definition) is 2. The third-order valence-corrected chi connectivity index (χ3v) is 3.53. The van der Waals surface area contributed by atoms with E-state index in [1.807, 2.05) is 19.9 Å². The molecule has 1 aromatic carbocycles. The van der Waals surface area contributed by atoms with Gasteiger partial charge in [-0.3, -0.25) is 9.59 Å². The Labute approximate surface area is 129 Å². The summed E-state index contributed by atoms with van der Waals surface area (Å²) in [6.45, 7) is 5.06. The summed E-state index contributed by atoms with van der Waals surface area (Å²) in [6, 6.07) is 5.20. The molecule has 20 heavy (non-hydrogen) atoms. The molecule has 2 amide bonds. The van der Waals surface area contributed by atoms with Crippen molar-refractivity contribution in [2.75, 3.05) is 19.6 Å². The molecule has 0 saturated carbocycles. The minimum Gasteiger partial charge on any atom is -0.347 e. The van der Waals surface area contributed by atoms with Gasteiger partial charge in [-0.1, -0.05) is 29.3 Å². The van der Waals surface area contributed by atoms with Crippen molar-refractivity contribution in [1.82, 2.24) is 10.2 Å². The van der Waals surface area contributed by atoms with Crippen LogP contribution in [0.4, 0.5) is 0 Å². The molecule has 1 aromatic rings. The number of benzene rings is 1. The molecule has 1 N–H and O–H groups in total. The maximum atomic E-state index is 11.7. The molecule has 4 nitrogen and oxygen atoms in total. The fourth-order valence-corrected chi connectivity index (χ4v) is 2.27. The van der Waals surface area contributed by atoms with Gasteiger partial charge in [0, 0.05) is 29.7 Å². The SMILES string of the molecule is CCN(CC)C(=O)C(=O)NCCc1ccc(Cl)cc1Cl. The van der Waals surface area contributed by atoms with Crippen molar-refractivity contribution in [3.8, 4) is 0 Å². The zero-order chi connectivity index (χ0) is 15.1. The van der Waals surface area contributed by atoms with Gasteiger partial charge in [-0.25, -0.2) is 0 Å². The summed E-state index contributed by atoms with van der Waals surface area (Å²) in [4.78, 5) is 24.9. The molecule has 0 saturated heterocycles. The molecule has 0 unspecified atom stereocenters. The van der Waals surface area contributed by atoms with E-state index in [1.165, 1.54) is 4.90 Å². The third-order valence-electron chi connectivity index (χ3n) is 2.94. The maximum absolute atomic E-state index is 11.7. The fraction of sp³-hybridized carbons (Fsp3) is 0.429. The lowest BCUT2D eigenvalue weighted by Crippen LogP contribution is -2.43. The van der Waals surface area contributed by atoms with E-state index in [0.29, 0.717) is 36.1 Å². The van der Waals surface area contributed by atoms with Gasteiger partial charge >= 0.3 is 11.8 Å². The number of carbonyl (C=O) groups is 2. The van der Waals surface area contributed by atoms with E-state index >= 15 is 0 Å². The number of hydrogen-bond donors (Lipinski definition) is 1. The van der Waals surface area contributed by atoms with Crippen LogP contribution >= 0.6 is 23.2 Å². The monoisotopic (exact) mass is 316 g/mol. The van der Waals surface area contributed by atoms with Crippen molar-refractivity contribution in [1.29, 1.82) is 0 Å². The van der Waals surface area contributed by atoms with Gasteiger partial charge in [-0.05, 0) is 38.0 Å². The van der Waals surface area contributed by atoms with Gasteiger partial charge in [0.2, 0.25) is 0 Å². The number of amides is 2. The Morgan fingerprint density at radius 1 is 1.20 bits per heavy atom. The van der Waals surface area contributed by atoms with E-state index in [-0.39, 0.29) is 0 Å². The van der Waals surface area contributed by atoms with Crippen LogP contribution in [0.15, 0.2) is 18.2 Å². The molecule has 0 aliphatic carbocycles. The predicted molar refractivity (Wildman–Crippen MR) is 81.1 cm³/mol. The Morgan fingerprint density at radius 2 is 1.85 bits per heavy atom. The van der Waals surface area contributed by atoms with Crippen LogP contribution in [0.25, 0.3) is 0 Å². The molecule has 6 heteroatoms. The van der Waals surface area contributed by atoms with Gasteiger partial charge in [0.05, 0.1) is 0 Å². The molecule has 0 aliphatic heterocycles. The van der Waals surface area contributed by atoms with Gasteiger partial charge in [-0.15, -0.1) is 0 Å². The molecule has 0 heterocycles. The van der Waals surface area contributed by atoms with Crippen LogP contribution in [0.5, 0.6) is 0 Å². The summed E-state index contributed by atoms with van der Waals surface area (Å²) in [5.41, 5.74) is 0.881. The second kappa shape index (κ2) is 8.12. The minimum atomic E-state index is -0.584. The van der Waals surface area contributed by atoms with Gasteiger partial charge < -0.3 is 10.2 Å². The lowest BCUT2D eigenvalue weighted by atomic mass is 10.1. The van der Waals surface area contributed by atoms with Crippen LogP contribution in [0.1, 0.15) is 19.4 Å². The minimum absolute atomic E-state index is 0.354. The van der Waals surface area contributed by atoms with Crippen LogP contribution in [0.3, 0.4) is 0 Å². The Bertz CT molecular complexity index is 488. The first kappa shape index (κ1) is 16.8. The van der Waals surface area contributed by atoms with Crippen molar-refractivity contribution < 1.29 is 9.59 Å². The maximum Gasteiger partial charge on any atom is 0.311 e. The zero-order valence-electron chi connectivity index (χ0n) is 11.6. The molecule has 0 atom stereocenters. The molecular weight excluding hydrogens is 299 g/mol. The summed E-state index contributed by atoms with van der Waals surface area (Å²) >= 11 is 11.8. The van der Waals surface area contributed by atoms with Crippen molar-refractivity contribution in [2.45, 2.75) is 20.3 Å². The van der Waals surface area contributed by atoms with E-state index in [2.05, 4.69) is 5.32 Å². The van der Waals surface area contributed by atoms with Crippen LogP contribution in [-0.2, 0) is 16.0 Å². The van der Waals surface area contributed by atoms with Crippen molar-refractivity contribution in [2.24, 2.45) is 0 Å². The Hall–Kier alpha value is -1.26. The normalized spacial score (nSPS) is 10.2. The number of nitrogens with one attached hydrogen (secondary N) is 1. The fourth-order valence-electron chi connectivity index (χ4n) is 1.77. The lowest BCUT2D eigenvalue weighted by molar-refractivity contribution is -0.145. The first-order valence-electron chi connectivity index (χ1n) is 6.50. The second-order valence-corrected chi connectivity index (χ2v) is 5.06. The topological polar surface area (TPSA) is 49.4 Å². The molecule has 0 fully saturated rings. The number of nitrogens with zero attached hydrogens (tertiary/aromatic N) is 1. The highest BCUT2D eigenvalue weighted by atomic mass is 35.5. The first-order chi connectivity index (χ1) is 9.49. The van der Waals surface area contributed by atoms with E-state index in [0.717, 1.165) is 5.56 Å². The largest absolute Gasteiger partial charge is 0.347 e. The average molecular weight is 317 g/mol. The first-order valence-corrected chi connectivity index (χ1v) is 7.26. The van der Waals surface area contributed by atoms with Crippen LogP contribution < -0.4 is 5.32 Å². The quantitative estimate of drug-likeness (QED) is 0.849. The molecule has 0 aliphatic rings. The molecule has 110 valence electrons. The highest BCUT2D eigenvalue weighted by molar-refractivity contribution is 6.35. The lowest BCUT2D eigenvalue weighted by Gasteiger charge is -2.17. The van der Waals surface area contributed by atoms with Crippen molar-refractivity contribution in [3.63, 3.8) is 0 Å².